The zero-order valence-electron chi connectivity index (χ0n) is 10.1. The Hall–Kier alpha value is -1.62. The van der Waals surface area contributed by atoms with Crippen molar-refractivity contribution in [1.82, 2.24) is 15.3 Å². The Kier molecular flexibility index (Phi) is 4.32. The lowest BCUT2D eigenvalue weighted by Gasteiger charge is -2.14. The summed E-state index contributed by atoms with van der Waals surface area (Å²) in [7, 11) is 0. The maximum Gasteiger partial charge on any atom is 0.234 e. The van der Waals surface area contributed by atoms with Crippen LogP contribution in [0.4, 0.5) is 5.82 Å². The standard InChI is InChI=1S/C12H18N4O/c1-2-17-12-9-14-8-11(16-12)15-7-10-3-5-13-6-4-10/h3,8-9,13H,2,4-7H2,1H3,(H,15,16). The van der Waals surface area contributed by atoms with Crippen LogP contribution in [0.15, 0.2) is 24.0 Å². The molecule has 0 saturated heterocycles. The number of hydrogen-bond donors (Lipinski definition) is 2. The Morgan fingerprint density at radius 3 is 3.18 bits per heavy atom. The largest absolute Gasteiger partial charge is 0.477 e. The van der Waals surface area contributed by atoms with E-state index in [1.807, 2.05) is 6.92 Å². The molecule has 2 heterocycles. The summed E-state index contributed by atoms with van der Waals surface area (Å²) in [6, 6.07) is 0. The van der Waals surface area contributed by atoms with Gasteiger partial charge in [0.15, 0.2) is 0 Å². The number of hydrogen-bond acceptors (Lipinski definition) is 5. The lowest BCUT2D eigenvalue weighted by atomic mass is 10.1. The molecule has 0 radical (unpaired) electrons. The fraction of sp³-hybridized carbons (Fsp3) is 0.500. The van der Waals surface area contributed by atoms with Crippen LogP contribution in [0.3, 0.4) is 0 Å². The number of ether oxygens (including phenoxy) is 1. The van der Waals surface area contributed by atoms with E-state index in [1.165, 1.54) is 5.57 Å². The number of rotatable bonds is 5. The molecule has 17 heavy (non-hydrogen) atoms. The molecule has 1 aromatic rings. The van der Waals surface area contributed by atoms with Gasteiger partial charge in [-0.1, -0.05) is 11.6 Å². The smallest absolute Gasteiger partial charge is 0.234 e. The average molecular weight is 234 g/mol. The third kappa shape index (κ3) is 3.71. The summed E-state index contributed by atoms with van der Waals surface area (Å²) in [6.45, 7) is 5.38. The first kappa shape index (κ1) is 11.9. The molecule has 0 fully saturated rings. The molecule has 0 amide bonds. The quantitative estimate of drug-likeness (QED) is 0.750. The van der Waals surface area contributed by atoms with Gasteiger partial charge < -0.3 is 15.4 Å². The summed E-state index contributed by atoms with van der Waals surface area (Å²) >= 11 is 0. The van der Waals surface area contributed by atoms with Crippen molar-refractivity contribution in [3.63, 3.8) is 0 Å². The van der Waals surface area contributed by atoms with Gasteiger partial charge in [-0.2, -0.15) is 4.98 Å². The van der Waals surface area contributed by atoms with Crippen LogP contribution in [0.1, 0.15) is 13.3 Å². The van der Waals surface area contributed by atoms with Gasteiger partial charge in [0.05, 0.1) is 19.0 Å². The molecule has 2 N–H and O–H groups in total. The molecule has 1 aromatic heterocycles. The van der Waals surface area contributed by atoms with Crippen molar-refractivity contribution < 1.29 is 4.74 Å². The zero-order valence-corrected chi connectivity index (χ0v) is 10.1. The van der Waals surface area contributed by atoms with Crippen LogP contribution in [0.2, 0.25) is 0 Å². The molecule has 5 heteroatoms. The molecule has 5 nitrogen and oxygen atoms in total. The van der Waals surface area contributed by atoms with Gasteiger partial charge in [0, 0.05) is 13.1 Å². The summed E-state index contributed by atoms with van der Waals surface area (Å²) in [5.74, 6) is 1.33. The van der Waals surface area contributed by atoms with E-state index in [2.05, 4.69) is 26.7 Å². The molecule has 0 atom stereocenters. The topological polar surface area (TPSA) is 59.1 Å². The third-order valence-corrected chi connectivity index (χ3v) is 2.56. The van der Waals surface area contributed by atoms with E-state index in [1.54, 1.807) is 12.4 Å². The lowest BCUT2D eigenvalue weighted by Crippen LogP contribution is -2.23. The highest BCUT2D eigenvalue weighted by atomic mass is 16.5. The van der Waals surface area contributed by atoms with Gasteiger partial charge in [-0.15, -0.1) is 0 Å². The van der Waals surface area contributed by atoms with Crippen molar-refractivity contribution in [3.05, 3.63) is 24.0 Å². The van der Waals surface area contributed by atoms with Gasteiger partial charge in [-0.05, 0) is 19.9 Å². The zero-order chi connectivity index (χ0) is 11.9. The second kappa shape index (κ2) is 6.20. The van der Waals surface area contributed by atoms with Gasteiger partial charge in [-0.3, -0.25) is 4.98 Å². The molecule has 0 aliphatic carbocycles. The minimum atomic E-state index is 0.566. The molecule has 2 rings (SSSR count). The maximum absolute atomic E-state index is 5.30. The molecule has 0 saturated carbocycles. The minimum Gasteiger partial charge on any atom is -0.477 e. The molecule has 0 unspecified atom stereocenters. The monoisotopic (exact) mass is 234 g/mol. The fourth-order valence-electron chi connectivity index (χ4n) is 1.68. The Labute approximate surface area is 101 Å². The van der Waals surface area contributed by atoms with Crippen LogP contribution in [0.5, 0.6) is 5.88 Å². The molecule has 1 aliphatic heterocycles. The fourth-order valence-corrected chi connectivity index (χ4v) is 1.68. The lowest BCUT2D eigenvalue weighted by molar-refractivity contribution is 0.326. The van der Waals surface area contributed by atoms with E-state index < -0.39 is 0 Å². The molecule has 0 bridgehead atoms. The van der Waals surface area contributed by atoms with Crippen molar-refractivity contribution in [2.45, 2.75) is 13.3 Å². The average Bonchev–Trinajstić information content (AvgIpc) is 2.39. The highest BCUT2D eigenvalue weighted by Crippen LogP contribution is 2.10. The van der Waals surface area contributed by atoms with Crippen molar-refractivity contribution in [2.24, 2.45) is 0 Å². The summed E-state index contributed by atoms with van der Waals surface area (Å²) in [4.78, 5) is 8.39. The molecule has 92 valence electrons. The normalized spacial score (nSPS) is 15.2. The number of nitrogens with zero attached hydrogens (tertiary/aromatic N) is 2. The van der Waals surface area contributed by atoms with E-state index in [0.717, 1.165) is 31.9 Å². The van der Waals surface area contributed by atoms with Crippen molar-refractivity contribution in [3.8, 4) is 5.88 Å². The van der Waals surface area contributed by atoms with E-state index in [4.69, 9.17) is 4.74 Å². The van der Waals surface area contributed by atoms with Crippen LogP contribution in [-0.4, -0.2) is 36.2 Å². The van der Waals surface area contributed by atoms with Crippen molar-refractivity contribution in [1.29, 1.82) is 0 Å². The van der Waals surface area contributed by atoms with Gasteiger partial charge in [0.1, 0.15) is 5.82 Å². The van der Waals surface area contributed by atoms with Crippen LogP contribution >= 0.6 is 0 Å². The maximum atomic E-state index is 5.30. The SMILES string of the molecule is CCOc1cncc(NCC2=CCNCC2)n1. The summed E-state index contributed by atoms with van der Waals surface area (Å²) in [5.41, 5.74) is 1.41. The Bertz CT molecular complexity index is 392. The minimum absolute atomic E-state index is 0.566. The first-order valence-corrected chi connectivity index (χ1v) is 5.96. The van der Waals surface area contributed by atoms with Gasteiger partial charge >= 0.3 is 0 Å². The second-order valence-corrected chi connectivity index (χ2v) is 3.85. The van der Waals surface area contributed by atoms with Gasteiger partial charge in [-0.25, -0.2) is 0 Å². The van der Waals surface area contributed by atoms with Crippen LogP contribution in [0, 0.1) is 0 Å². The van der Waals surface area contributed by atoms with Crippen molar-refractivity contribution >= 4 is 5.82 Å². The molecule has 0 spiro atoms. The van der Waals surface area contributed by atoms with E-state index in [-0.39, 0.29) is 0 Å². The molecular formula is C12H18N4O. The number of anilines is 1. The Balaban J connectivity index is 1.89. The summed E-state index contributed by atoms with van der Waals surface area (Å²) in [6.07, 6.45) is 6.64. The Morgan fingerprint density at radius 1 is 1.47 bits per heavy atom. The number of aromatic nitrogens is 2. The van der Waals surface area contributed by atoms with Gasteiger partial charge in [0.25, 0.3) is 0 Å². The first-order chi connectivity index (χ1) is 8.38. The summed E-state index contributed by atoms with van der Waals surface area (Å²) < 4.78 is 5.30. The molecule has 0 aromatic carbocycles. The van der Waals surface area contributed by atoms with E-state index in [0.29, 0.717) is 12.5 Å². The van der Waals surface area contributed by atoms with Crippen LogP contribution < -0.4 is 15.4 Å². The van der Waals surface area contributed by atoms with E-state index in [9.17, 15) is 0 Å². The van der Waals surface area contributed by atoms with Crippen molar-refractivity contribution in [2.75, 3.05) is 31.6 Å². The van der Waals surface area contributed by atoms with Crippen LogP contribution in [-0.2, 0) is 0 Å². The predicted molar refractivity (Wildman–Crippen MR) is 67.3 cm³/mol. The second-order valence-electron chi connectivity index (χ2n) is 3.85. The van der Waals surface area contributed by atoms with E-state index >= 15 is 0 Å². The predicted octanol–water partition coefficient (Wildman–Crippen LogP) is 1.21. The number of nitrogens with one attached hydrogen (secondary N) is 2. The Morgan fingerprint density at radius 2 is 2.41 bits per heavy atom. The third-order valence-electron chi connectivity index (χ3n) is 2.56. The molecular weight excluding hydrogens is 216 g/mol. The highest BCUT2D eigenvalue weighted by Gasteiger charge is 2.04. The molecule has 1 aliphatic rings. The highest BCUT2D eigenvalue weighted by molar-refractivity contribution is 5.35. The van der Waals surface area contributed by atoms with Gasteiger partial charge in [0.2, 0.25) is 5.88 Å². The van der Waals surface area contributed by atoms with Crippen LogP contribution in [0.25, 0.3) is 0 Å². The summed E-state index contributed by atoms with van der Waals surface area (Å²) in [5, 5.41) is 6.55. The first-order valence-electron chi connectivity index (χ1n) is 5.96.